The highest BCUT2D eigenvalue weighted by molar-refractivity contribution is 5.86. The minimum atomic E-state index is -5.10. The Morgan fingerprint density at radius 1 is 1.33 bits per heavy atom. The van der Waals surface area contributed by atoms with E-state index < -0.39 is 30.7 Å². The number of hydrogen-bond donors (Lipinski definition) is 2. The normalized spacial score (nSPS) is 18.6. The third-order valence-electron chi connectivity index (χ3n) is 2.66. The average Bonchev–Trinajstić information content (AvgIpc) is 2.74. The number of hydrogen-bond acceptors (Lipinski definition) is 3. The highest BCUT2D eigenvalue weighted by Gasteiger charge is 2.41. The zero-order chi connectivity index (χ0) is 13.8. The van der Waals surface area contributed by atoms with Gasteiger partial charge >= 0.3 is 18.1 Å². The monoisotopic (exact) mass is 269 g/mol. The van der Waals surface area contributed by atoms with Crippen LogP contribution in [0.4, 0.5) is 13.2 Å². The van der Waals surface area contributed by atoms with Crippen LogP contribution in [0, 0.1) is 0 Å². The Labute approximate surface area is 101 Å². The summed E-state index contributed by atoms with van der Waals surface area (Å²) in [4.78, 5) is 21.3. The van der Waals surface area contributed by atoms with E-state index in [2.05, 4.69) is 0 Å². The number of nitrogens with one attached hydrogen (secondary N) is 1. The van der Waals surface area contributed by atoms with Gasteiger partial charge in [0.15, 0.2) is 6.04 Å². The van der Waals surface area contributed by atoms with E-state index in [1.54, 1.807) is 0 Å². The lowest BCUT2D eigenvalue weighted by Gasteiger charge is -2.18. The second kappa shape index (κ2) is 6.03. The summed E-state index contributed by atoms with van der Waals surface area (Å²) in [5.74, 6) is -3.82. The molecule has 8 heteroatoms. The topological polar surface area (TPSA) is 75.6 Å². The van der Waals surface area contributed by atoms with Gasteiger partial charge in [-0.2, -0.15) is 13.2 Å². The van der Waals surface area contributed by atoms with Crippen LogP contribution in [-0.4, -0.2) is 41.9 Å². The molecular formula is C10H14F3NO4. The molecule has 18 heavy (non-hydrogen) atoms. The Morgan fingerprint density at radius 2 is 1.89 bits per heavy atom. The van der Waals surface area contributed by atoms with Crippen LogP contribution < -0.4 is 5.32 Å². The molecule has 0 heterocycles. The molecule has 0 aromatic heterocycles. The molecule has 0 saturated heterocycles. The number of rotatable bonds is 5. The van der Waals surface area contributed by atoms with Crippen LogP contribution in [0.2, 0.25) is 0 Å². The number of carboxylic acid groups (broad SMARTS) is 1. The van der Waals surface area contributed by atoms with Crippen molar-refractivity contribution in [2.24, 2.45) is 0 Å². The number of carbonyl (C=O) groups excluding carboxylic acids is 1. The Hall–Kier alpha value is -1.31. The van der Waals surface area contributed by atoms with Crippen LogP contribution in [0.1, 0.15) is 25.7 Å². The summed E-state index contributed by atoms with van der Waals surface area (Å²) in [6, 6.07) is -1.68. The van der Waals surface area contributed by atoms with Crippen molar-refractivity contribution in [1.82, 2.24) is 5.32 Å². The van der Waals surface area contributed by atoms with Gasteiger partial charge < -0.3 is 15.2 Å². The zero-order valence-corrected chi connectivity index (χ0v) is 9.50. The van der Waals surface area contributed by atoms with Gasteiger partial charge in [-0.25, -0.2) is 4.79 Å². The molecule has 1 rings (SSSR count). The third kappa shape index (κ3) is 4.52. The highest BCUT2D eigenvalue weighted by Crippen LogP contribution is 2.21. The summed E-state index contributed by atoms with van der Waals surface area (Å²) in [5.41, 5.74) is 0. The van der Waals surface area contributed by atoms with E-state index in [1.165, 1.54) is 5.32 Å². The van der Waals surface area contributed by atoms with Crippen LogP contribution in [0.15, 0.2) is 0 Å². The number of halogens is 3. The Bertz CT molecular complexity index is 313. The summed E-state index contributed by atoms with van der Waals surface area (Å²) < 4.78 is 41.1. The summed E-state index contributed by atoms with van der Waals surface area (Å²) in [6.07, 6.45) is -1.79. The van der Waals surface area contributed by atoms with Gasteiger partial charge in [0.25, 0.3) is 0 Å². The van der Waals surface area contributed by atoms with Crippen LogP contribution in [0.25, 0.3) is 0 Å². The van der Waals surface area contributed by atoms with Crippen LogP contribution >= 0.6 is 0 Å². The number of carboxylic acids is 1. The minimum absolute atomic E-state index is 0.130. The van der Waals surface area contributed by atoms with Gasteiger partial charge in [-0.05, 0) is 12.8 Å². The summed E-state index contributed by atoms with van der Waals surface area (Å²) >= 11 is 0. The third-order valence-corrected chi connectivity index (χ3v) is 2.66. The maximum Gasteiger partial charge on any atom is 0.471 e. The summed E-state index contributed by atoms with van der Waals surface area (Å²) in [6.45, 7) is -0.457. The van der Waals surface area contributed by atoms with Gasteiger partial charge in [0.05, 0.1) is 12.7 Å². The molecule has 2 N–H and O–H groups in total. The summed E-state index contributed by atoms with van der Waals surface area (Å²) in [5, 5.41) is 10.1. The first kappa shape index (κ1) is 14.7. The molecule has 0 spiro atoms. The Morgan fingerprint density at radius 3 is 2.33 bits per heavy atom. The van der Waals surface area contributed by atoms with E-state index >= 15 is 0 Å². The molecule has 1 atom stereocenters. The fraction of sp³-hybridized carbons (Fsp3) is 0.800. The SMILES string of the molecule is O=C(O)[C@H](COC1CCCC1)NC(=O)C(F)(F)F. The Kier molecular flexibility index (Phi) is 4.94. The van der Waals surface area contributed by atoms with Crippen molar-refractivity contribution in [3.05, 3.63) is 0 Å². The first-order valence-electron chi connectivity index (χ1n) is 5.53. The van der Waals surface area contributed by atoms with E-state index in [-0.39, 0.29) is 6.10 Å². The molecule has 1 saturated carbocycles. The van der Waals surface area contributed by atoms with Crippen LogP contribution in [0.5, 0.6) is 0 Å². The van der Waals surface area contributed by atoms with E-state index in [1.807, 2.05) is 0 Å². The zero-order valence-electron chi connectivity index (χ0n) is 9.50. The largest absolute Gasteiger partial charge is 0.480 e. The fourth-order valence-electron chi connectivity index (χ4n) is 1.70. The number of aliphatic carboxylic acids is 1. The lowest BCUT2D eigenvalue weighted by molar-refractivity contribution is -0.176. The molecule has 0 bridgehead atoms. The molecule has 0 aliphatic heterocycles. The second-order valence-corrected chi connectivity index (χ2v) is 4.10. The van der Waals surface area contributed by atoms with Crippen LogP contribution in [0.3, 0.4) is 0 Å². The minimum Gasteiger partial charge on any atom is -0.480 e. The standard InChI is InChI=1S/C10H14F3NO4/c11-10(12,13)9(17)14-7(8(15)16)5-18-6-3-1-2-4-6/h6-7H,1-5H2,(H,14,17)(H,15,16)/t7-/m0/s1. The number of carbonyl (C=O) groups is 2. The molecule has 0 aromatic carbocycles. The molecule has 1 aliphatic rings. The smallest absolute Gasteiger partial charge is 0.471 e. The molecular weight excluding hydrogens is 255 g/mol. The quantitative estimate of drug-likeness (QED) is 0.783. The number of amides is 1. The van der Waals surface area contributed by atoms with Crippen molar-refractivity contribution < 1.29 is 32.6 Å². The van der Waals surface area contributed by atoms with Crippen molar-refractivity contribution in [3.8, 4) is 0 Å². The molecule has 1 amide bonds. The maximum atomic E-state index is 12.0. The van der Waals surface area contributed by atoms with Crippen molar-refractivity contribution >= 4 is 11.9 Å². The van der Waals surface area contributed by atoms with E-state index in [4.69, 9.17) is 9.84 Å². The molecule has 0 radical (unpaired) electrons. The van der Waals surface area contributed by atoms with E-state index in [0.717, 1.165) is 25.7 Å². The molecule has 1 fully saturated rings. The first-order chi connectivity index (χ1) is 8.30. The van der Waals surface area contributed by atoms with Gasteiger partial charge in [-0.15, -0.1) is 0 Å². The van der Waals surface area contributed by atoms with Crippen molar-refractivity contribution in [2.75, 3.05) is 6.61 Å². The number of ether oxygens (including phenoxy) is 1. The van der Waals surface area contributed by atoms with Gasteiger partial charge in [-0.1, -0.05) is 12.8 Å². The molecule has 0 unspecified atom stereocenters. The predicted octanol–water partition coefficient (Wildman–Crippen LogP) is 1.08. The predicted molar refractivity (Wildman–Crippen MR) is 53.8 cm³/mol. The van der Waals surface area contributed by atoms with E-state index in [0.29, 0.717) is 0 Å². The lowest BCUT2D eigenvalue weighted by Crippen LogP contribution is -2.49. The highest BCUT2D eigenvalue weighted by atomic mass is 19.4. The van der Waals surface area contributed by atoms with Crippen molar-refractivity contribution in [2.45, 2.75) is 44.0 Å². The van der Waals surface area contributed by atoms with Gasteiger partial charge in [0.2, 0.25) is 0 Å². The van der Waals surface area contributed by atoms with E-state index in [9.17, 15) is 22.8 Å². The van der Waals surface area contributed by atoms with Crippen molar-refractivity contribution in [1.29, 1.82) is 0 Å². The molecule has 104 valence electrons. The second-order valence-electron chi connectivity index (χ2n) is 4.10. The van der Waals surface area contributed by atoms with Gasteiger partial charge in [0.1, 0.15) is 0 Å². The fourth-order valence-corrected chi connectivity index (χ4v) is 1.70. The molecule has 5 nitrogen and oxygen atoms in total. The summed E-state index contributed by atoms with van der Waals surface area (Å²) in [7, 11) is 0. The first-order valence-corrected chi connectivity index (χ1v) is 5.53. The average molecular weight is 269 g/mol. The van der Waals surface area contributed by atoms with Crippen LogP contribution in [-0.2, 0) is 14.3 Å². The maximum absolute atomic E-state index is 12.0. The Balaban J connectivity index is 2.44. The lowest BCUT2D eigenvalue weighted by atomic mass is 10.3. The molecule has 1 aliphatic carbocycles. The van der Waals surface area contributed by atoms with Gasteiger partial charge in [0, 0.05) is 0 Å². The number of alkyl halides is 3. The van der Waals surface area contributed by atoms with Crippen molar-refractivity contribution in [3.63, 3.8) is 0 Å². The van der Waals surface area contributed by atoms with Gasteiger partial charge in [-0.3, -0.25) is 4.79 Å². The molecule has 0 aromatic rings.